The molecule has 29 heavy (non-hydrogen) atoms. The highest BCUT2D eigenvalue weighted by molar-refractivity contribution is 7.91. The van der Waals surface area contributed by atoms with Crippen molar-refractivity contribution in [2.75, 3.05) is 19.4 Å². The Balaban J connectivity index is 1.64. The van der Waals surface area contributed by atoms with Gasteiger partial charge in [-0.3, -0.25) is 4.79 Å². The van der Waals surface area contributed by atoms with Crippen LogP contribution in [0.5, 0.6) is 5.75 Å². The van der Waals surface area contributed by atoms with E-state index in [1.807, 2.05) is 30.3 Å². The third-order valence-corrected chi connectivity index (χ3v) is 6.50. The van der Waals surface area contributed by atoms with Crippen LogP contribution in [-0.4, -0.2) is 43.3 Å². The van der Waals surface area contributed by atoms with Crippen LogP contribution in [0.15, 0.2) is 59.8 Å². The van der Waals surface area contributed by atoms with Gasteiger partial charge >= 0.3 is 0 Å². The molecule has 2 heterocycles. The molecule has 1 aliphatic heterocycles. The largest absolute Gasteiger partial charge is 0.497 e. The van der Waals surface area contributed by atoms with Gasteiger partial charge in [-0.1, -0.05) is 30.3 Å². The van der Waals surface area contributed by atoms with Crippen LogP contribution in [0.3, 0.4) is 0 Å². The van der Waals surface area contributed by atoms with E-state index in [9.17, 15) is 13.2 Å². The van der Waals surface area contributed by atoms with Crippen molar-refractivity contribution in [1.29, 1.82) is 0 Å². The summed E-state index contributed by atoms with van der Waals surface area (Å²) in [5.41, 5.74) is 2.42. The number of nitrogens with zero attached hydrogens (tertiary/aromatic N) is 2. The molecule has 0 unspecified atom stereocenters. The summed E-state index contributed by atoms with van der Waals surface area (Å²) in [6, 6.07) is 16.9. The zero-order valence-corrected chi connectivity index (χ0v) is 16.8. The van der Waals surface area contributed by atoms with Gasteiger partial charge in [-0.25, -0.2) is 13.4 Å². The Labute approximate surface area is 169 Å². The molecule has 1 N–H and O–H groups in total. The molecule has 0 bridgehead atoms. The summed E-state index contributed by atoms with van der Waals surface area (Å²) in [4.78, 5) is 17.3. The maximum atomic E-state index is 13.0. The lowest BCUT2D eigenvalue weighted by Crippen LogP contribution is -2.28. The second kappa shape index (κ2) is 7.71. The summed E-state index contributed by atoms with van der Waals surface area (Å²) < 4.78 is 31.4. The number of imidazole rings is 1. The average Bonchev–Trinajstić information content (AvgIpc) is 3.26. The van der Waals surface area contributed by atoms with E-state index in [4.69, 9.17) is 4.74 Å². The molecule has 0 aliphatic carbocycles. The van der Waals surface area contributed by atoms with Gasteiger partial charge in [-0.05, 0) is 36.2 Å². The highest BCUT2D eigenvalue weighted by Crippen LogP contribution is 2.31. The minimum atomic E-state index is -3.48. The molecule has 0 saturated heterocycles. The fourth-order valence-corrected chi connectivity index (χ4v) is 4.76. The molecule has 4 rings (SSSR count). The number of hydrogen-bond donors (Lipinski definition) is 1. The zero-order valence-electron chi connectivity index (χ0n) is 16.0. The van der Waals surface area contributed by atoms with Crippen LogP contribution < -0.4 is 10.1 Å². The minimum Gasteiger partial charge on any atom is -0.497 e. The molecule has 150 valence electrons. The normalized spacial score (nSPS) is 14.4. The molecule has 3 aromatic rings. The number of hydrogen-bond acceptors (Lipinski definition) is 5. The van der Waals surface area contributed by atoms with Crippen molar-refractivity contribution in [2.45, 2.75) is 18.1 Å². The van der Waals surface area contributed by atoms with Crippen LogP contribution >= 0.6 is 0 Å². The van der Waals surface area contributed by atoms with E-state index in [-0.39, 0.29) is 29.1 Å². The van der Waals surface area contributed by atoms with E-state index in [2.05, 4.69) is 10.3 Å². The Morgan fingerprint density at radius 2 is 1.86 bits per heavy atom. The van der Waals surface area contributed by atoms with Crippen molar-refractivity contribution < 1.29 is 17.9 Å². The Kier molecular flexibility index (Phi) is 5.10. The molecule has 0 saturated carbocycles. The maximum absolute atomic E-state index is 13.0. The van der Waals surface area contributed by atoms with Gasteiger partial charge < -0.3 is 14.6 Å². The number of benzene rings is 2. The minimum absolute atomic E-state index is 0.0392. The number of rotatable bonds is 6. The third-order valence-electron chi connectivity index (χ3n) is 4.91. The Morgan fingerprint density at radius 1 is 1.14 bits per heavy atom. The molecular formula is C21H21N3O4S. The van der Waals surface area contributed by atoms with Crippen LogP contribution in [0.4, 0.5) is 0 Å². The van der Waals surface area contributed by atoms with Crippen molar-refractivity contribution >= 4 is 15.7 Å². The van der Waals surface area contributed by atoms with E-state index < -0.39 is 9.84 Å². The molecule has 1 amide bonds. The number of methoxy groups -OCH3 is 1. The van der Waals surface area contributed by atoms with E-state index >= 15 is 0 Å². The fourth-order valence-electron chi connectivity index (χ4n) is 3.41. The highest BCUT2D eigenvalue weighted by Gasteiger charge is 2.35. The Morgan fingerprint density at radius 3 is 2.55 bits per heavy atom. The van der Waals surface area contributed by atoms with Gasteiger partial charge in [0.15, 0.2) is 0 Å². The SMILES string of the molecule is COc1ccc(-c2nc3n(c2C(=O)NCCc2ccccc2)CCS3(=O)=O)cc1. The van der Waals surface area contributed by atoms with Gasteiger partial charge in [0, 0.05) is 18.7 Å². The summed E-state index contributed by atoms with van der Waals surface area (Å²) in [5.74, 6) is 0.298. The second-order valence-corrected chi connectivity index (χ2v) is 8.78. The van der Waals surface area contributed by atoms with Crippen molar-refractivity contribution in [2.24, 2.45) is 0 Å². The van der Waals surface area contributed by atoms with E-state index in [0.29, 0.717) is 30.0 Å². The number of aromatic nitrogens is 2. The van der Waals surface area contributed by atoms with Gasteiger partial charge in [-0.2, -0.15) is 0 Å². The van der Waals surface area contributed by atoms with Crippen LogP contribution in [0.2, 0.25) is 0 Å². The molecule has 1 aliphatic rings. The number of fused-ring (bicyclic) bond motifs is 1. The number of carbonyl (C=O) groups is 1. The lowest BCUT2D eigenvalue weighted by Gasteiger charge is -2.09. The fraction of sp³-hybridized carbons (Fsp3) is 0.238. The number of amides is 1. The summed E-state index contributed by atoms with van der Waals surface area (Å²) in [6.07, 6.45) is 0.684. The monoisotopic (exact) mass is 411 g/mol. The third kappa shape index (κ3) is 3.75. The number of carbonyl (C=O) groups excluding carboxylic acids is 1. The smallest absolute Gasteiger partial charge is 0.270 e. The maximum Gasteiger partial charge on any atom is 0.270 e. The summed E-state index contributed by atoms with van der Waals surface area (Å²) in [5, 5.41) is 2.86. The molecular weight excluding hydrogens is 390 g/mol. The first kappa shape index (κ1) is 19.2. The summed E-state index contributed by atoms with van der Waals surface area (Å²) >= 11 is 0. The van der Waals surface area contributed by atoms with Gasteiger partial charge in [0.05, 0.1) is 12.9 Å². The number of ether oxygens (including phenoxy) is 1. The molecule has 0 atom stereocenters. The van der Waals surface area contributed by atoms with Gasteiger partial charge in [0.1, 0.15) is 17.1 Å². The van der Waals surface area contributed by atoms with Crippen molar-refractivity contribution in [3.05, 3.63) is 65.9 Å². The predicted molar refractivity (Wildman–Crippen MR) is 109 cm³/mol. The molecule has 1 aromatic heterocycles. The van der Waals surface area contributed by atoms with Crippen LogP contribution in [0, 0.1) is 0 Å². The first-order valence-corrected chi connectivity index (χ1v) is 10.9. The summed E-state index contributed by atoms with van der Waals surface area (Å²) in [7, 11) is -1.91. The van der Waals surface area contributed by atoms with Crippen molar-refractivity contribution in [1.82, 2.24) is 14.9 Å². The van der Waals surface area contributed by atoms with E-state index in [1.54, 1.807) is 31.4 Å². The first-order valence-electron chi connectivity index (χ1n) is 9.29. The second-order valence-electron chi connectivity index (χ2n) is 6.78. The van der Waals surface area contributed by atoms with Crippen molar-refractivity contribution in [3.8, 4) is 17.0 Å². The number of sulfone groups is 1. The van der Waals surface area contributed by atoms with Crippen LogP contribution in [0.25, 0.3) is 11.3 Å². The summed E-state index contributed by atoms with van der Waals surface area (Å²) in [6.45, 7) is 0.667. The van der Waals surface area contributed by atoms with Crippen LogP contribution in [-0.2, 0) is 22.8 Å². The standard InChI is InChI=1S/C21H21N3O4S/c1-28-17-9-7-16(8-10-17)18-19(24-13-14-29(26,27)21(24)23-18)20(25)22-12-11-15-5-3-2-4-6-15/h2-10H,11-14H2,1H3,(H,22,25). The molecule has 7 nitrogen and oxygen atoms in total. The van der Waals surface area contributed by atoms with Gasteiger partial charge in [-0.15, -0.1) is 0 Å². The number of nitrogens with one attached hydrogen (secondary N) is 1. The predicted octanol–water partition coefficient (Wildman–Crippen LogP) is 2.32. The quantitative estimate of drug-likeness (QED) is 0.672. The van der Waals surface area contributed by atoms with Crippen molar-refractivity contribution in [3.63, 3.8) is 0 Å². The molecule has 0 fully saturated rings. The highest BCUT2D eigenvalue weighted by atomic mass is 32.2. The van der Waals surface area contributed by atoms with Gasteiger partial charge in [0.2, 0.25) is 15.0 Å². The van der Waals surface area contributed by atoms with Gasteiger partial charge in [0.25, 0.3) is 5.91 Å². The molecule has 8 heteroatoms. The lowest BCUT2D eigenvalue weighted by atomic mass is 10.1. The molecule has 0 radical (unpaired) electrons. The lowest BCUT2D eigenvalue weighted by molar-refractivity contribution is 0.0945. The first-order chi connectivity index (χ1) is 14.0. The molecule has 2 aromatic carbocycles. The zero-order chi connectivity index (χ0) is 20.4. The Bertz CT molecular complexity index is 1140. The average molecular weight is 411 g/mol. The Hall–Kier alpha value is -3.13. The van der Waals surface area contributed by atoms with E-state index in [0.717, 1.165) is 5.56 Å². The topological polar surface area (TPSA) is 90.3 Å². The van der Waals surface area contributed by atoms with Crippen LogP contribution in [0.1, 0.15) is 16.1 Å². The molecule has 0 spiro atoms. The van der Waals surface area contributed by atoms with E-state index in [1.165, 1.54) is 4.57 Å².